The Morgan fingerprint density at radius 1 is 1.18 bits per heavy atom. The molecule has 110 valence electrons. The molecule has 1 aliphatic heterocycles. The number of anilines is 1. The first-order chi connectivity index (χ1) is 10.6. The Kier molecular flexibility index (Phi) is 4.15. The average molecular weight is 356 g/mol. The highest BCUT2D eigenvalue weighted by atomic mass is 79.9. The van der Waals surface area contributed by atoms with Crippen LogP contribution in [-0.4, -0.2) is 17.8 Å². The highest BCUT2D eigenvalue weighted by Gasteiger charge is 2.33. The van der Waals surface area contributed by atoms with E-state index in [1.807, 2.05) is 61.5 Å². The SMILES string of the molecule is CC1=NN(c2ccccc2)C(=O)[C@@H]1C=Nc1cccc(Br)c1. The minimum Gasteiger partial charge on any atom is -0.271 e. The maximum atomic E-state index is 12.5. The Bertz CT molecular complexity index is 756. The van der Waals surface area contributed by atoms with Crippen molar-refractivity contribution in [3.8, 4) is 0 Å². The van der Waals surface area contributed by atoms with Crippen LogP contribution >= 0.6 is 15.9 Å². The van der Waals surface area contributed by atoms with Crippen molar-refractivity contribution in [3.63, 3.8) is 0 Å². The predicted molar refractivity (Wildman–Crippen MR) is 92.8 cm³/mol. The molecule has 1 aliphatic rings. The van der Waals surface area contributed by atoms with Crippen LogP contribution in [0, 0.1) is 5.92 Å². The van der Waals surface area contributed by atoms with Crippen LogP contribution in [0.15, 0.2) is 69.2 Å². The third-order valence-corrected chi connectivity index (χ3v) is 3.86. The zero-order valence-electron chi connectivity index (χ0n) is 12.0. The quantitative estimate of drug-likeness (QED) is 0.761. The molecule has 1 heterocycles. The summed E-state index contributed by atoms with van der Waals surface area (Å²) in [6.07, 6.45) is 1.66. The summed E-state index contributed by atoms with van der Waals surface area (Å²) >= 11 is 3.41. The molecule has 1 amide bonds. The van der Waals surface area contributed by atoms with Crippen LogP contribution in [0.3, 0.4) is 0 Å². The zero-order valence-corrected chi connectivity index (χ0v) is 13.6. The van der Waals surface area contributed by atoms with Crippen molar-refractivity contribution in [1.29, 1.82) is 0 Å². The number of rotatable bonds is 3. The second kappa shape index (κ2) is 6.23. The van der Waals surface area contributed by atoms with Gasteiger partial charge in [0, 0.05) is 10.7 Å². The van der Waals surface area contributed by atoms with E-state index in [0.717, 1.165) is 21.6 Å². The summed E-state index contributed by atoms with van der Waals surface area (Å²) < 4.78 is 0.955. The summed E-state index contributed by atoms with van der Waals surface area (Å²) in [7, 11) is 0. The number of hydrogen-bond donors (Lipinski definition) is 0. The van der Waals surface area contributed by atoms with Crippen LogP contribution < -0.4 is 5.01 Å². The number of hydrazone groups is 1. The van der Waals surface area contributed by atoms with Crippen molar-refractivity contribution in [1.82, 2.24) is 0 Å². The molecule has 0 spiro atoms. The largest absolute Gasteiger partial charge is 0.271 e. The first-order valence-corrected chi connectivity index (χ1v) is 7.68. The van der Waals surface area contributed by atoms with Gasteiger partial charge < -0.3 is 0 Å². The number of hydrogen-bond acceptors (Lipinski definition) is 3. The minimum absolute atomic E-state index is 0.0811. The molecule has 4 nitrogen and oxygen atoms in total. The predicted octanol–water partition coefficient (Wildman–Crippen LogP) is 4.19. The summed E-state index contributed by atoms with van der Waals surface area (Å²) in [5.74, 6) is -0.498. The van der Waals surface area contributed by atoms with Crippen molar-refractivity contribution in [2.75, 3.05) is 5.01 Å². The first kappa shape index (κ1) is 14.7. The van der Waals surface area contributed by atoms with Crippen molar-refractivity contribution in [2.24, 2.45) is 16.0 Å². The van der Waals surface area contributed by atoms with Crippen molar-refractivity contribution < 1.29 is 4.79 Å². The van der Waals surface area contributed by atoms with E-state index >= 15 is 0 Å². The van der Waals surface area contributed by atoms with E-state index in [-0.39, 0.29) is 5.91 Å². The van der Waals surface area contributed by atoms with Crippen LogP contribution in [0.2, 0.25) is 0 Å². The van der Waals surface area contributed by atoms with Crippen LogP contribution in [0.4, 0.5) is 11.4 Å². The summed E-state index contributed by atoms with van der Waals surface area (Å²) in [4.78, 5) is 16.9. The summed E-state index contributed by atoms with van der Waals surface area (Å²) in [5, 5.41) is 5.79. The molecule has 0 bridgehead atoms. The summed E-state index contributed by atoms with van der Waals surface area (Å²) in [5.41, 5.74) is 2.31. The van der Waals surface area contributed by atoms with E-state index in [2.05, 4.69) is 26.0 Å². The fourth-order valence-corrected chi connectivity index (χ4v) is 2.61. The van der Waals surface area contributed by atoms with Gasteiger partial charge in [-0.25, -0.2) is 0 Å². The molecule has 0 N–H and O–H groups in total. The number of nitrogens with zero attached hydrogens (tertiary/aromatic N) is 3. The zero-order chi connectivity index (χ0) is 15.5. The molecule has 2 aromatic rings. The van der Waals surface area contributed by atoms with Gasteiger partial charge in [0.2, 0.25) is 0 Å². The lowest BCUT2D eigenvalue weighted by Gasteiger charge is -2.12. The molecule has 1 atom stereocenters. The number of benzene rings is 2. The van der Waals surface area contributed by atoms with E-state index in [1.54, 1.807) is 6.21 Å². The highest BCUT2D eigenvalue weighted by molar-refractivity contribution is 9.10. The molecule has 0 saturated carbocycles. The molecule has 22 heavy (non-hydrogen) atoms. The molecule has 3 rings (SSSR count). The molecule has 0 aliphatic carbocycles. The minimum atomic E-state index is -0.417. The van der Waals surface area contributed by atoms with Crippen LogP contribution in [0.5, 0.6) is 0 Å². The number of halogens is 1. The molecular weight excluding hydrogens is 342 g/mol. The number of aliphatic imine (C=N–C) groups is 1. The van der Waals surface area contributed by atoms with Gasteiger partial charge in [-0.3, -0.25) is 9.79 Å². The van der Waals surface area contributed by atoms with E-state index in [4.69, 9.17) is 0 Å². The van der Waals surface area contributed by atoms with Gasteiger partial charge in [0.15, 0.2) is 0 Å². The number of para-hydroxylation sites is 1. The van der Waals surface area contributed by atoms with E-state index < -0.39 is 5.92 Å². The molecule has 0 fully saturated rings. The van der Waals surface area contributed by atoms with E-state index in [0.29, 0.717) is 0 Å². The summed E-state index contributed by atoms with van der Waals surface area (Å²) in [6.45, 7) is 1.85. The molecule has 0 aromatic heterocycles. The molecular formula is C17H14BrN3O. The lowest BCUT2D eigenvalue weighted by molar-refractivity contribution is -0.118. The maximum absolute atomic E-state index is 12.5. The molecule has 5 heteroatoms. The van der Waals surface area contributed by atoms with E-state index in [9.17, 15) is 4.79 Å². The molecule has 2 aromatic carbocycles. The molecule has 0 unspecified atom stereocenters. The number of carbonyl (C=O) groups is 1. The normalized spacial score (nSPS) is 18.1. The Labute approximate surface area is 137 Å². The van der Waals surface area contributed by atoms with Gasteiger partial charge in [0.1, 0.15) is 5.92 Å². The maximum Gasteiger partial charge on any atom is 0.261 e. The van der Waals surface area contributed by atoms with Crippen LogP contribution in [0.25, 0.3) is 0 Å². The monoisotopic (exact) mass is 355 g/mol. The van der Waals surface area contributed by atoms with Gasteiger partial charge in [-0.1, -0.05) is 40.2 Å². The fourth-order valence-electron chi connectivity index (χ4n) is 2.22. The Morgan fingerprint density at radius 3 is 2.68 bits per heavy atom. The Balaban J connectivity index is 1.82. The number of amides is 1. The van der Waals surface area contributed by atoms with Crippen molar-refractivity contribution in [2.45, 2.75) is 6.92 Å². The van der Waals surface area contributed by atoms with Crippen LogP contribution in [0.1, 0.15) is 6.92 Å². The van der Waals surface area contributed by atoms with Gasteiger partial charge in [-0.15, -0.1) is 0 Å². The van der Waals surface area contributed by atoms with Crippen LogP contribution in [-0.2, 0) is 4.79 Å². The van der Waals surface area contributed by atoms with Crippen molar-refractivity contribution >= 4 is 45.1 Å². The lowest BCUT2D eigenvalue weighted by atomic mass is 10.1. The summed E-state index contributed by atoms with van der Waals surface area (Å²) in [6, 6.07) is 17.0. The average Bonchev–Trinajstić information content (AvgIpc) is 2.81. The standard InChI is InChI=1S/C17H14BrN3O/c1-12-16(11-19-14-7-5-6-13(18)10-14)17(22)21(20-12)15-8-3-2-4-9-15/h2-11,16H,1H3/t16-/m1/s1. The van der Waals surface area contributed by atoms with Gasteiger partial charge in [0.05, 0.1) is 17.1 Å². The lowest BCUT2D eigenvalue weighted by Crippen LogP contribution is -2.27. The molecule has 0 radical (unpaired) electrons. The first-order valence-electron chi connectivity index (χ1n) is 6.89. The van der Waals surface area contributed by atoms with E-state index in [1.165, 1.54) is 5.01 Å². The van der Waals surface area contributed by atoms with Gasteiger partial charge >= 0.3 is 0 Å². The second-order valence-corrected chi connectivity index (χ2v) is 5.88. The third-order valence-electron chi connectivity index (χ3n) is 3.36. The van der Waals surface area contributed by atoms with Gasteiger partial charge in [0.25, 0.3) is 5.91 Å². The Hall–Kier alpha value is -2.27. The number of carbonyl (C=O) groups excluding carboxylic acids is 1. The van der Waals surface area contributed by atoms with Gasteiger partial charge in [-0.2, -0.15) is 10.1 Å². The van der Waals surface area contributed by atoms with Gasteiger partial charge in [-0.05, 0) is 37.3 Å². The van der Waals surface area contributed by atoms with Crippen molar-refractivity contribution in [3.05, 3.63) is 59.1 Å². The highest BCUT2D eigenvalue weighted by Crippen LogP contribution is 2.24. The Morgan fingerprint density at radius 2 is 1.95 bits per heavy atom. The molecule has 0 saturated heterocycles. The smallest absolute Gasteiger partial charge is 0.261 e. The fraction of sp³-hybridized carbons (Fsp3) is 0.118. The second-order valence-electron chi connectivity index (χ2n) is 4.96. The topological polar surface area (TPSA) is 45.0 Å². The third kappa shape index (κ3) is 2.99.